The first-order valence-electron chi connectivity index (χ1n) is 6.31. The summed E-state index contributed by atoms with van der Waals surface area (Å²) in [6.07, 6.45) is 9.10. The molecular weight excluding hydrogens is 186 g/mol. The van der Waals surface area contributed by atoms with Crippen LogP contribution in [0.15, 0.2) is 0 Å². The minimum Gasteiger partial charge on any atom is -0.309 e. The van der Waals surface area contributed by atoms with Gasteiger partial charge in [0.25, 0.3) is 0 Å². The van der Waals surface area contributed by atoms with Gasteiger partial charge in [-0.15, -0.1) is 0 Å². The Morgan fingerprint density at radius 2 is 1.73 bits per heavy atom. The maximum Gasteiger partial charge on any atom is 0.0222 e. The van der Waals surface area contributed by atoms with E-state index < -0.39 is 0 Å². The summed E-state index contributed by atoms with van der Waals surface area (Å²) >= 11 is 0. The second kappa shape index (κ2) is 10.4. The number of hydrazine groups is 1. The summed E-state index contributed by atoms with van der Waals surface area (Å²) in [6, 6.07) is 0.494. The lowest BCUT2D eigenvalue weighted by Crippen LogP contribution is -2.37. The first-order valence-corrected chi connectivity index (χ1v) is 6.31. The Kier molecular flexibility index (Phi) is 10.3. The molecule has 0 aliphatic rings. The van der Waals surface area contributed by atoms with Crippen molar-refractivity contribution in [2.75, 3.05) is 20.6 Å². The van der Waals surface area contributed by atoms with Gasteiger partial charge in [0.1, 0.15) is 0 Å². The van der Waals surface area contributed by atoms with Crippen LogP contribution in [0.2, 0.25) is 0 Å². The van der Waals surface area contributed by atoms with Crippen LogP contribution in [-0.2, 0) is 0 Å². The maximum absolute atomic E-state index is 5.53. The van der Waals surface area contributed by atoms with Gasteiger partial charge in [-0.25, -0.2) is 0 Å². The highest BCUT2D eigenvalue weighted by Crippen LogP contribution is 2.08. The minimum absolute atomic E-state index is 0.494. The zero-order valence-corrected chi connectivity index (χ0v) is 10.8. The monoisotopic (exact) mass is 215 g/mol. The molecule has 0 spiro atoms. The van der Waals surface area contributed by atoms with E-state index in [2.05, 4.69) is 31.3 Å². The van der Waals surface area contributed by atoms with Crippen LogP contribution in [0.1, 0.15) is 51.9 Å². The van der Waals surface area contributed by atoms with E-state index in [1.165, 1.54) is 38.5 Å². The van der Waals surface area contributed by atoms with Crippen molar-refractivity contribution in [2.45, 2.75) is 57.9 Å². The molecule has 0 rings (SSSR count). The Morgan fingerprint density at radius 3 is 2.27 bits per heavy atom. The van der Waals surface area contributed by atoms with Gasteiger partial charge < -0.3 is 4.90 Å². The SMILES string of the molecule is CCCCCCCC(CCN(C)C)NN. The first-order chi connectivity index (χ1) is 7.20. The molecule has 0 saturated heterocycles. The minimum atomic E-state index is 0.494. The zero-order valence-electron chi connectivity index (χ0n) is 10.8. The third-order valence-electron chi connectivity index (χ3n) is 2.82. The summed E-state index contributed by atoms with van der Waals surface area (Å²) in [4.78, 5) is 2.21. The topological polar surface area (TPSA) is 41.3 Å². The van der Waals surface area contributed by atoms with Crippen molar-refractivity contribution < 1.29 is 0 Å². The van der Waals surface area contributed by atoms with Crippen molar-refractivity contribution in [1.29, 1.82) is 0 Å². The van der Waals surface area contributed by atoms with E-state index in [0.717, 1.165) is 13.0 Å². The van der Waals surface area contributed by atoms with Crippen molar-refractivity contribution in [3.8, 4) is 0 Å². The van der Waals surface area contributed by atoms with Crippen LogP contribution >= 0.6 is 0 Å². The van der Waals surface area contributed by atoms with Gasteiger partial charge in [0.15, 0.2) is 0 Å². The van der Waals surface area contributed by atoms with Crippen LogP contribution in [0.25, 0.3) is 0 Å². The summed E-state index contributed by atoms with van der Waals surface area (Å²) in [6.45, 7) is 3.37. The average Bonchev–Trinajstić information content (AvgIpc) is 2.22. The van der Waals surface area contributed by atoms with Gasteiger partial charge in [0, 0.05) is 6.04 Å². The van der Waals surface area contributed by atoms with E-state index in [0.29, 0.717) is 6.04 Å². The molecule has 0 heterocycles. The Balaban J connectivity index is 3.36. The molecule has 3 N–H and O–H groups in total. The van der Waals surface area contributed by atoms with Crippen molar-refractivity contribution >= 4 is 0 Å². The average molecular weight is 215 g/mol. The van der Waals surface area contributed by atoms with E-state index in [1.807, 2.05) is 0 Å². The quantitative estimate of drug-likeness (QED) is 0.333. The fourth-order valence-corrected chi connectivity index (χ4v) is 1.72. The van der Waals surface area contributed by atoms with Crippen LogP contribution in [0, 0.1) is 0 Å². The van der Waals surface area contributed by atoms with Gasteiger partial charge in [-0.1, -0.05) is 39.0 Å². The number of nitrogens with one attached hydrogen (secondary N) is 1. The molecule has 1 atom stereocenters. The Bertz CT molecular complexity index is 126. The summed E-state index contributed by atoms with van der Waals surface area (Å²) in [5.41, 5.74) is 2.92. The lowest BCUT2D eigenvalue weighted by molar-refractivity contribution is 0.345. The van der Waals surface area contributed by atoms with Crippen molar-refractivity contribution in [3.05, 3.63) is 0 Å². The van der Waals surface area contributed by atoms with Gasteiger partial charge in [-0.3, -0.25) is 11.3 Å². The van der Waals surface area contributed by atoms with Crippen LogP contribution in [0.5, 0.6) is 0 Å². The molecule has 0 radical (unpaired) electrons. The molecule has 1 unspecified atom stereocenters. The molecular formula is C12H29N3. The molecule has 0 saturated carbocycles. The zero-order chi connectivity index (χ0) is 11.5. The van der Waals surface area contributed by atoms with Crippen molar-refractivity contribution in [2.24, 2.45) is 5.84 Å². The van der Waals surface area contributed by atoms with E-state index in [4.69, 9.17) is 5.84 Å². The Labute approximate surface area is 95.4 Å². The van der Waals surface area contributed by atoms with Crippen LogP contribution < -0.4 is 11.3 Å². The van der Waals surface area contributed by atoms with E-state index in [1.54, 1.807) is 0 Å². The third-order valence-corrected chi connectivity index (χ3v) is 2.82. The summed E-state index contributed by atoms with van der Waals surface area (Å²) < 4.78 is 0. The molecule has 0 aliphatic heterocycles. The van der Waals surface area contributed by atoms with Crippen LogP contribution in [0.3, 0.4) is 0 Å². The number of nitrogens with zero attached hydrogens (tertiary/aromatic N) is 1. The fraction of sp³-hybridized carbons (Fsp3) is 1.00. The molecule has 0 amide bonds. The molecule has 0 aromatic carbocycles. The van der Waals surface area contributed by atoms with Crippen molar-refractivity contribution in [1.82, 2.24) is 10.3 Å². The third kappa shape index (κ3) is 10.2. The number of unbranched alkanes of at least 4 members (excludes halogenated alkanes) is 4. The Hall–Kier alpha value is -0.120. The molecule has 0 aromatic heterocycles. The molecule has 0 aromatic rings. The predicted octanol–water partition coefficient (Wildman–Crippen LogP) is 2.13. The van der Waals surface area contributed by atoms with Gasteiger partial charge in [0.05, 0.1) is 0 Å². The maximum atomic E-state index is 5.53. The molecule has 0 fully saturated rings. The molecule has 0 bridgehead atoms. The number of hydrogen-bond acceptors (Lipinski definition) is 3. The van der Waals surface area contributed by atoms with Crippen molar-refractivity contribution in [3.63, 3.8) is 0 Å². The standard InChI is InChI=1S/C12H29N3/c1-4-5-6-7-8-9-12(14-13)10-11-15(2)3/h12,14H,4-11,13H2,1-3H3. The number of rotatable bonds is 10. The van der Waals surface area contributed by atoms with Crippen LogP contribution in [0.4, 0.5) is 0 Å². The highest BCUT2D eigenvalue weighted by atomic mass is 15.2. The second-order valence-electron chi connectivity index (χ2n) is 4.66. The normalized spacial score (nSPS) is 13.4. The highest BCUT2D eigenvalue weighted by Gasteiger charge is 2.06. The predicted molar refractivity (Wildman–Crippen MR) is 67.7 cm³/mol. The first kappa shape index (κ1) is 14.9. The summed E-state index contributed by atoms with van der Waals surface area (Å²) in [7, 11) is 4.21. The number of nitrogens with two attached hydrogens (primary N) is 1. The largest absolute Gasteiger partial charge is 0.309 e. The van der Waals surface area contributed by atoms with Gasteiger partial charge >= 0.3 is 0 Å². The van der Waals surface area contributed by atoms with E-state index >= 15 is 0 Å². The smallest absolute Gasteiger partial charge is 0.0222 e. The molecule has 3 nitrogen and oxygen atoms in total. The molecule has 0 aliphatic carbocycles. The molecule has 15 heavy (non-hydrogen) atoms. The number of hydrogen-bond donors (Lipinski definition) is 2. The van der Waals surface area contributed by atoms with E-state index in [9.17, 15) is 0 Å². The van der Waals surface area contributed by atoms with Gasteiger partial charge in [0.2, 0.25) is 0 Å². The highest BCUT2D eigenvalue weighted by molar-refractivity contribution is 4.65. The van der Waals surface area contributed by atoms with Gasteiger partial charge in [-0.2, -0.15) is 0 Å². The lowest BCUT2D eigenvalue weighted by Gasteiger charge is -2.18. The molecule has 92 valence electrons. The lowest BCUT2D eigenvalue weighted by atomic mass is 10.0. The van der Waals surface area contributed by atoms with Gasteiger partial charge in [-0.05, 0) is 33.5 Å². The van der Waals surface area contributed by atoms with E-state index in [-0.39, 0.29) is 0 Å². The fourth-order valence-electron chi connectivity index (χ4n) is 1.72. The summed E-state index contributed by atoms with van der Waals surface area (Å²) in [5, 5.41) is 0. The van der Waals surface area contributed by atoms with Crippen LogP contribution in [-0.4, -0.2) is 31.6 Å². The second-order valence-corrected chi connectivity index (χ2v) is 4.66. The molecule has 3 heteroatoms. The summed E-state index contributed by atoms with van der Waals surface area (Å²) in [5.74, 6) is 5.53. The Morgan fingerprint density at radius 1 is 1.07 bits per heavy atom.